The zero-order chi connectivity index (χ0) is 26.9. The SMILES string of the molecule is COc1ccc(S(=O)(=O)N2[C@H](C(=O)NO)C[C@@H]3CCN(C(=O)c4ccc(-c5ccccc5)cc4)C[C@@H]32)cc1. The summed E-state index contributed by atoms with van der Waals surface area (Å²) in [7, 11) is -2.64. The van der Waals surface area contributed by atoms with Gasteiger partial charge in [-0.3, -0.25) is 14.8 Å². The number of hydrogen-bond acceptors (Lipinski definition) is 6. The second-order valence-corrected chi connectivity index (χ2v) is 11.4. The number of benzene rings is 3. The van der Waals surface area contributed by atoms with Gasteiger partial charge in [0.2, 0.25) is 10.0 Å². The molecular formula is C28H29N3O6S. The van der Waals surface area contributed by atoms with Crippen molar-refractivity contribution in [2.45, 2.75) is 29.8 Å². The molecular weight excluding hydrogens is 506 g/mol. The van der Waals surface area contributed by atoms with Gasteiger partial charge in [-0.1, -0.05) is 42.5 Å². The van der Waals surface area contributed by atoms with E-state index in [1.54, 1.807) is 22.5 Å². The van der Waals surface area contributed by atoms with Gasteiger partial charge in [-0.2, -0.15) is 4.31 Å². The van der Waals surface area contributed by atoms with E-state index in [-0.39, 0.29) is 29.7 Å². The molecule has 0 spiro atoms. The van der Waals surface area contributed by atoms with Crippen LogP contribution < -0.4 is 10.2 Å². The third-order valence-corrected chi connectivity index (χ3v) is 9.40. The number of nitrogens with zero attached hydrogens (tertiary/aromatic N) is 2. The van der Waals surface area contributed by atoms with Crippen LogP contribution in [0.4, 0.5) is 0 Å². The molecule has 3 aromatic carbocycles. The lowest BCUT2D eigenvalue weighted by molar-refractivity contribution is -0.132. The molecule has 2 fully saturated rings. The largest absolute Gasteiger partial charge is 0.497 e. The van der Waals surface area contributed by atoms with Crippen molar-refractivity contribution in [3.05, 3.63) is 84.4 Å². The quantitative estimate of drug-likeness (QED) is 0.370. The van der Waals surface area contributed by atoms with E-state index in [0.717, 1.165) is 11.1 Å². The number of nitrogens with one attached hydrogen (secondary N) is 1. The van der Waals surface area contributed by atoms with E-state index < -0.39 is 28.0 Å². The number of piperidine rings is 1. The van der Waals surface area contributed by atoms with Crippen LogP contribution in [0.1, 0.15) is 23.2 Å². The van der Waals surface area contributed by atoms with E-state index in [4.69, 9.17) is 4.74 Å². The summed E-state index contributed by atoms with van der Waals surface area (Å²) in [6, 6.07) is 21.4. The van der Waals surface area contributed by atoms with Gasteiger partial charge in [0.25, 0.3) is 11.8 Å². The summed E-state index contributed by atoms with van der Waals surface area (Å²) in [5.41, 5.74) is 4.17. The summed E-state index contributed by atoms with van der Waals surface area (Å²) in [5, 5.41) is 9.34. The fourth-order valence-corrected chi connectivity index (χ4v) is 7.32. The fourth-order valence-electron chi connectivity index (χ4n) is 5.48. The minimum atomic E-state index is -4.12. The summed E-state index contributed by atoms with van der Waals surface area (Å²) < 4.78 is 33.8. The van der Waals surface area contributed by atoms with Crippen molar-refractivity contribution >= 4 is 21.8 Å². The number of likely N-dealkylation sites (tertiary alicyclic amines) is 1. The summed E-state index contributed by atoms with van der Waals surface area (Å²) in [4.78, 5) is 27.6. The average molecular weight is 536 g/mol. The molecule has 2 aliphatic rings. The van der Waals surface area contributed by atoms with E-state index in [1.807, 2.05) is 42.5 Å². The molecule has 0 aromatic heterocycles. The molecule has 0 unspecified atom stereocenters. The molecule has 2 aliphatic heterocycles. The first kappa shape index (κ1) is 25.9. The van der Waals surface area contributed by atoms with Crippen LogP contribution in [0.25, 0.3) is 11.1 Å². The average Bonchev–Trinajstić information content (AvgIpc) is 3.37. The van der Waals surface area contributed by atoms with Gasteiger partial charge < -0.3 is 9.64 Å². The molecule has 0 aliphatic carbocycles. The first-order valence-corrected chi connectivity index (χ1v) is 13.8. The Morgan fingerprint density at radius 1 is 0.947 bits per heavy atom. The van der Waals surface area contributed by atoms with E-state index in [1.165, 1.54) is 35.7 Å². The number of hydroxylamine groups is 1. The topological polar surface area (TPSA) is 116 Å². The monoisotopic (exact) mass is 535 g/mol. The second kappa shape index (κ2) is 10.6. The molecule has 3 aromatic rings. The van der Waals surface area contributed by atoms with Gasteiger partial charge in [0, 0.05) is 24.7 Å². The molecule has 0 bridgehead atoms. The van der Waals surface area contributed by atoms with Crippen molar-refractivity contribution in [1.29, 1.82) is 0 Å². The summed E-state index contributed by atoms with van der Waals surface area (Å²) in [6.07, 6.45) is 0.808. The predicted octanol–water partition coefficient (Wildman–Crippen LogP) is 3.16. The van der Waals surface area contributed by atoms with Crippen LogP contribution >= 0.6 is 0 Å². The number of sulfonamides is 1. The lowest BCUT2D eigenvalue weighted by Crippen LogP contribution is -2.54. The number of fused-ring (bicyclic) bond motifs is 1. The molecule has 5 rings (SSSR count). The van der Waals surface area contributed by atoms with Gasteiger partial charge in [0.05, 0.1) is 12.0 Å². The molecule has 9 nitrogen and oxygen atoms in total. The van der Waals surface area contributed by atoms with Gasteiger partial charge in [0.15, 0.2) is 0 Å². The number of ether oxygens (including phenoxy) is 1. The Balaban J connectivity index is 1.41. The van der Waals surface area contributed by atoms with Crippen LogP contribution in [-0.4, -0.2) is 66.9 Å². The standard InChI is InChI=1S/C28H29N3O6S/c1-37-23-11-13-24(14-12-23)38(35,36)31-25(27(32)29-34)17-22-15-16-30(18-26(22)31)28(33)21-9-7-20(8-10-21)19-5-3-2-4-6-19/h2-14,22,25-26,34H,15-18H2,1H3,(H,29,32)/t22-,25-,26-/m0/s1. The van der Waals surface area contributed by atoms with Crippen LogP contribution in [0, 0.1) is 5.92 Å². The Hall–Kier alpha value is -3.73. The van der Waals surface area contributed by atoms with Crippen LogP contribution in [0.3, 0.4) is 0 Å². The summed E-state index contributed by atoms with van der Waals surface area (Å²) >= 11 is 0. The van der Waals surface area contributed by atoms with Crippen LogP contribution in [0.2, 0.25) is 0 Å². The zero-order valence-electron chi connectivity index (χ0n) is 20.9. The maximum Gasteiger partial charge on any atom is 0.261 e. The Morgan fingerprint density at radius 3 is 2.24 bits per heavy atom. The van der Waals surface area contributed by atoms with E-state index in [2.05, 4.69) is 0 Å². The number of methoxy groups -OCH3 is 1. The first-order chi connectivity index (χ1) is 18.3. The highest BCUT2D eigenvalue weighted by Gasteiger charge is 2.52. The van der Waals surface area contributed by atoms with Gasteiger partial charge in [-0.25, -0.2) is 13.9 Å². The first-order valence-electron chi connectivity index (χ1n) is 12.4. The Morgan fingerprint density at radius 2 is 1.61 bits per heavy atom. The van der Waals surface area contributed by atoms with Crippen molar-refractivity contribution in [3.63, 3.8) is 0 Å². The molecule has 3 atom stereocenters. The Labute approximate surface area is 221 Å². The highest BCUT2D eigenvalue weighted by atomic mass is 32.2. The smallest absolute Gasteiger partial charge is 0.261 e. The molecule has 2 N–H and O–H groups in total. The molecule has 2 amide bonds. The molecule has 0 radical (unpaired) electrons. The summed E-state index contributed by atoms with van der Waals surface area (Å²) in [6.45, 7) is 0.596. The van der Waals surface area contributed by atoms with Gasteiger partial charge in [0.1, 0.15) is 11.8 Å². The third kappa shape index (κ3) is 4.78. The Kier molecular flexibility index (Phi) is 7.20. The number of hydrogen-bond donors (Lipinski definition) is 2. The minimum Gasteiger partial charge on any atom is -0.497 e. The molecule has 10 heteroatoms. The predicted molar refractivity (Wildman–Crippen MR) is 140 cm³/mol. The third-order valence-electron chi connectivity index (χ3n) is 7.46. The van der Waals surface area contributed by atoms with Crippen molar-refractivity contribution in [2.75, 3.05) is 20.2 Å². The number of amides is 2. The van der Waals surface area contributed by atoms with E-state index >= 15 is 0 Å². The molecule has 0 saturated carbocycles. The zero-order valence-corrected chi connectivity index (χ0v) is 21.7. The highest BCUT2D eigenvalue weighted by Crippen LogP contribution is 2.40. The summed E-state index contributed by atoms with van der Waals surface area (Å²) in [5.74, 6) is -0.610. The minimum absolute atomic E-state index is 0.00893. The van der Waals surface area contributed by atoms with Crippen molar-refractivity contribution in [2.24, 2.45) is 5.92 Å². The van der Waals surface area contributed by atoms with Crippen molar-refractivity contribution in [3.8, 4) is 16.9 Å². The van der Waals surface area contributed by atoms with Gasteiger partial charge >= 0.3 is 0 Å². The number of carbonyl (C=O) groups excluding carboxylic acids is 2. The van der Waals surface area contributed by atoms with Gasteiger partial charge in [-0.15, -0.1) is 0 Å². The Bertz CT molecular complexity index is 1410. The van der Waals surface area contributed by atoms with Crippen LogP contribution in [0.15, 0.2) is 83.8 Å². The fraction of sp³-hybridized carbons (Fsp3) is 0.286. The number of rotatable bonds is 6. The lowest BCUT2D eigenvalue weighted by Gasteiger charge is -2.38. The van der Waals surface area contributed by atoms with E-state index in [0.29, 0.717) is 24.3 Å². The molecule has 2 saturated heterocycles. The number of carbonyl (C=O) groups is 2. The maximum absolute atomic E-state index is 13.8. The molecule has 38 heavy (non-hydrogen) atoms. The van der Waals surface area contributed by atoms with Crippen LogP contribution in [-0.2, 0) is 14.8 Å². The van der Waals surface area contributed by atoms with Crippen LogP contribution in [0.5, 0.6) is 5.75 Å². The highest BCUT2D eigenvalue weighted by molar-refractivity contribution is 7.89. The normalized spacial score (nSPS) is 21.5. The van der Waals surface area contributed by atoms with Crippen molar-refractivity contribution < 1.29 is 28.0 Å². The second-order valence-electron chi connectivity index (χ2n) is 9.55. The maximum atomic E-state index is 13.8. The molecule has 198 valence electrons. The van der Waals surface area contributed by atoms with Crippen molar-refractivity contribution in [1.82, 2.24) is 14.7 Å². The molecule has 2 heterocycles. The van der Waals surface area contributed by atoms with Gasteiger partial charge in [-0.05, 0) is 66.3 Å². The van der Waals surface area contributed by atoms with E-state index in [9.17, 15) is 23.2 Å². The lowest BCUT2D eigenvalue weighted by atomic mass is 9.91.